The van der Waals surface area contributed by atoms with Gasteiger partial charge in [0.15, 0.2) is 0 Å². The van der Waals surface area contributed by atoms with Crippen molar-refractivity contribution in [2.75, 3.05) is 0 Å². The van der Waals surface area contributed by atoms with Crippen molar-refractivity contribution in [2.45, 2.75) is 26.1 Å². The van der Waals surface area contributed by atoms with Crippen LogP contribution in [0.2, 0.25) is 5.02 Å². The van der Waals surface area contributed by atoms with E-state index in [0.29, 0.717) is 28.6 Å². The smallest absolute Gasteiger partial charge is 0.378 e. The Morgan fingerprint density at radius 1 is 1.13 bits per heavy atom. The number of nitrogens with zero attached hydrogens (tertiary/aromatic N) is 4. The molecular weight excluding hydrogens is 427 g/mol. The summed E-state index contributed by atoms with van der Waals surface area (Å²) >= 11 is 6.14. The predicted molar refractivity (Wildman–Crippen MR) is 114 cm³/mol. The van der Waals surface area contributed by atoms with E-state index in [1.165, 1.54) is 16.8 Å². The van der Waals surface area contributed by atoms with E-state index >= 15 is 0 Å². The molecule has 1 N–H and O–H groups in total. The highest BCUT2D eigenvalue weighted by Crippen LogP contribution is 2.29. The maximum Gasteiger partial charge on any atom is 0.416 e. The zero-order valence-electron chi connectivity index (χ0n) is 16.6. The number of halogens is 4. The highest BCUT2D eigenvalue weighted by molar-refractivity contribution is 6.30. The van der Waals surface area contributed by atoms with Gasteiger partial charge < -0.3 is 5.32 Å². The molecule has 31 heavy (non-hydrogen) atoms. The summed E-state index contributed by atoms with van der Waals surface area (Å²) in [7, 11) is 0. The third-order valence-corrected chi connectivity index (χ3v) is 5.09. The van der Waals surface area contributed by atoms with Crippen molar-refractivity contribution in [2.24, 2.45) is 0 Å². The van der Waals surface area contributed by atoms with Gasteiger partial charge in [0.1, 0.15) is 5.65 Å². The Labute approximate surface area is 181 Å². The fourth-order valence-electron chi connectivity index (χ4n) is 3.32. The normalized spacial score (nSPS) is 11.8. The van der Waals surface area contributed by atoms with Crippen LogP contribution in [-0.2, 0) is 19.1 Å². The van der Waals surface area contributed by atoms with Crippen molar-refractivity contribution >= 4 is 22.9 Å². The number of pyridine rings is 1. The van der Waals surface area contributed by atoms with Crippen molar-refractivity contribution < 1.29 is 13.2 Å². The molecule has 0 radical (unpaired) electrons. The minimum atomic E-state index is -4.36. The topological polar surface area (TPSA) is 47.2 Å². The summed E-state index contributed by atoms with van der Waals surface area (Å²) in [6.07, 6.45) is -0.131. The summed E-state index contributed by atoms with van der Waals surface area (Å²) < 4.78 is 41.7. The number of hydrogen-bond donors (Lipinski definition) is 1. The number of fused-ring (bicyclic) bond motifs is 1. The summed E-state index contributed by atoms with van der Waals surface area (Å²) in [6, 6.07) is 10.3. The molecule has 0 aliphatic carbocycles. The molecule has 0 spiro atoms. The first-order chi connectivity index (χ1) is 14.8. The first-order valence-corrected chi connectivity index (χ1v) is 9.96. The summed E-state index contributed by atoms with van der Waals surface area (Å²) in [5.74, 6) is 0. The van der Waals surface area contributed by atoms with Crippen LogP contribution in [0.4, 0.5) is 13.2 Å². The van der Waals surface area contributed by atoms with Gasteiger partial charge in [0.2, 0.25) is 0 Å². The summed E-state index contributed by atoms with van der Waals surface area (Å²) in [5.41, 5.74) is 3.77. The molecule has 0 fully saturated rings. The maximum atomic E-state index is 12.7. The van der Waals surface area contributed by atoms with Crippen LogP contribution >= 0.6 is 11.6 Å². The molecule has 5 nitrogen and oxygen atoms in total. The van der Waals surface area contributed by atoms with Crippen molar-refractivity contribution in [3.05, 3.63) is 89.1 Å². The molecular formula is C22H19ClF3N5. The van der Waals surface area contributed by atoms with Gasteiger partial charge in [-0.05, 0) is 48.9 Å². The standard InChI is InChI=1S/C22H19ClF3N5/c1-3-19-21(30-13-16(23)6-9-20(30)28-19)14(2)27-12-17-10-11-31(29-17)18-7-4-15(5-8-18)22(24,25)26/h4-11,13,27H,2-3,12H2,1H3. The van der Waals surface area contributed by atoms with E-state index in [0.717, 1.165) is 35.6 Å². The van der Waals surface area contributed by atoms with Gasteiger partial charge in [0, 0.05) is 12.4 Å². The van der Waals surface area contributed by atoms with Crippen molar-refractivity contribution in [3.63, 3.8) is 0 Å². The Bertz CT molecular complexity index is 1240. The van der Waals surface area contributed by atoms with Crippen LogP contribution in [0.25, 0.3) is 17.0 Å². The number of benzene rings is 1. The molecule has 0 saturated heterocycles. The van der Waals surface area contributed by atoms with Crippen LogP contribution in [0, 0.1) is 0 Å². The van der Waals surface area contributed by atoms with Crippen LogP contribution in [0.3, 0.4) is 0 Å². The van der Waals surface area contributed by atoms with E-state index in [2.05, 4.69) is 22.0 Å². The Kier molecular flexibility index (Phi) is 5.49. The average Bonchev–Trinajstić information content (AvgIpc) is 3.35. The van der Waals surface area contributed by atoms with Gasteiger partial charge in [-0.1, -0.05) is 25.1 Å². The molecule has 0 atom stereocenters. The molecule has 0 aliphatic rings. The zero-order valence-corrected chi connectivity index (χ0v) is 17.4. The van der Waals surface area contributed by atoms with E-state index in [-0.39, 0.29) is 0 Å². The predicted octanol–water partition coefficient (Wildman–Crippen LogP) is 5.52. The molecule has 9 heteroatoms. The number of imidazole rings is 1. The van der Waals surface area contributed by atoms with Crippen molar-refractivity contribution in [3.8, 4) is 5.69 Å². The van der Waals surface area contributed by atoms with E-state index in [4.69, 9.17) is 11.6 Å². The number of hydrogen-bond acceptors (Lipinski definition) is 3. The first-order valence-electron chi connectivity index (χ1n) is 9.58. The average molecular weight is 446 g/mol. The van der Waals surface area contributed by atoms with Crippen LogP contribution in [0.5, 0.6) is 0 Å². The van der Waals surface area contributed by atoms with Gasteiger partial charge in [-0.15, -0.1) is 0 Å². The molecule has 0 amide bonds. The number of aromatic nitrogens is 4. The Balaban J connectivity index is 1.50. The SMILES string of the molecule is C=C(NCc1ccn(-c2ccc(C(F)(F)F)cc2)n1)c1c(CC)nc2ccc(Cl)cn12. The highest BCUT2D eigenvalue weighted by Gasteiger charge is 2.30. The maximum absolute atomic E-state index is 12.7. The lowest BCUT2D eigenvalue weighted by Crippen LogP contribution is -2.14. The minimum Gasteiger partial charge on any atom is -0.378 e. The van der Waals surface area contributed by atoms with Gasteiger partial charge >= 0.3 is 6.18 Å². The van der Waals surface area contributed by atoms with Gasteiger partial charge in [-0.25, -0.2) is 9.67 Å². The lowest BCUT2D eigenvalue weighted by molar-refractivity contribution is -0.137. The van der Waals surface area contributed by atoms with Gasteiger partial charge in [-0.3, -0.25) is 4.40 Å². The summed E-state index contributed by atoms with van der Waals surface area (Å²) in [4.78, 5) is 4.62. The quantitative estimate of drug-likeness (QED) is 0.425. The second-order valence-electron chi connectivity index (χ2n) is 6.96. The fraction of sp³-hybridized carbons (Fsp3) is 0.182. The second-order valence-corrected chi connectivity index (χ2v) is 7.40. The van der Waals surface area contributed by atoms with E-state index in [9.17, 15) is 13.2 Å². The van der Waals surface area contributed by atoms with E-state index < -0.39 is 11.7 Å². The van der Waals surface area contributed by atoms with Crippen LogP contribution in [-0.4, -0.2) is 19.2 Å². The molecule has 0 bridgehead atoms. The van der Waals surface area contributed by atoms with Crippen molar-refractivity contribution in [1.29, 1.82) is 0 Å². The number of alkyl halides is 3. The molecule has 160 valence electrons. The molecule has 0 aliphatic heterocycles. The molecule has 1 aromatic carbocycles. The Hall–Kier alpha value is -3.26. The minimum absolute atomic E-state index is 0.392. The number of rotatable bonds is 6. The van der Waals surface area contributed by atoms with Crippen molar-refractivity contribution in [1.82, 2.24) is 24.5 Å². The zero-order chi connectivity index (χ0) is 22.2. The third-order valence-electron chi connectivity index (χ3n) is 4.86. The molecule has 4 aromatic rings. The third kappa shape index (κ3) is 4.29. The number of aryl methyl sites for hydroxylation is 1. The highest BCUT2D eigenvalue weighted by atomic mass is 35.5. The van der Waals surface area contributed by atoms with E-state index in [1.54, 1.807) is 24.5 Å². The lowest BCUT2D eigenvalue weighted by atomic mass is 10.2. The Morgan fingerprint density at radius 3 is 2.55 bits per heavy atom. The van der Waals surface area contributed by atoms with Crippen LogP contribution in [0.1, 0.15) is 29.6 Å². The second kappa shape index (κ2) is 8.11. The van der Waals surface area contributed by atoms with Crippen LogP contribution < -0.4 is 5.32 Å². The molecule has 0 unspecified atom stereocenters. The number of nitrogens with one attached hydrogen (secondary N) is 1. The molecule has 3 heterocycles. The van der Waals surface area contributed by atoms with Crippen LogP contribution in [0.15, 0.2) is 61.4 Å². The molecule has 0 saturated carbocycles. The fourth-order valence-corrected chi connectivity index (χ4v) is 3.48. The first kappa shape index (κ1) is 21.0. The van der Waals surface area contributed by atoms with Gasteiger partial charge in [-0.2, -0.15) is 18.3 Å². The molecule has 3 aromatic heterocycles. The largest absolute Gasteiger partial charge is 0.416 e. The monoisotopic (exact) mass is 445 g/mol. The van der Waals surface area contributed by atoms with Gasteiger partial charge in [0.25, 0.3) is 0 Å². The molecule has 4 rings (SSSR count). The van der Waals surface area contributed by atoms with E-state index in [1.807, 2.05) is 17.4 Å². The Morgan fingerprint density at radius 2 is 1.87 bits per heavy atom. The summed E-state index contributed by atoms with van der Waals surface area (Å²) in [6.45, 7) is 6.55. The van der Waals surface area contributed by atoms with Gasteiger partial charge in [0.05, 0.1) is 45.6 Å². The summed E-state index contributed by atoms with van der Waals surface area (Å²) in [5, 5.41) is 8.29. The lowest BCUT2D eigenvalue weighted by Gasteiger charge is -2.10.